The summed E-state index contributed by atoms with van der Waals surface area (Å²) in [6.07, 6.45) is 0. The van der Waals surface area contributed by atoms with Crippen molar-refractivity contribution in [3.05, 3.63) is 63.9 Å². The van der Waals surface area contributed by atoms with E-state index in [9.17, 15) is 9.18 Å². The molecule has 0 N–H and O–H groups in total. The SMILES string of the molecule is Cc1cccc(C(=O)Oc2ccc(F)cc2Br)c1. The van der Waals surface area contributed by atoms with E-state index in [1.54, 1.807) is 18.2 Å². The Morgan fingerprint density at radius 2 is 2.00 bits per heavy atom. The van der Waals surface area contributed by atoms with Gasteiger partial charge in [0.2, 0.25) is 0 Å². The molecule has 4 heteroatoms. The van der Waals surface area contributed by atoms with Crippen molar-refractivity contribution in [2.45, 2.75) is 6.92 Å². The first-order chi connectivity index (χ1) is 8.56. The second kappa shape index (κ2) is 5.31. The van der Waals surface area contributed by atoms with Crippen LogP contribution in [-0.4, -0.2) is 5.97 Å². The average Bonchev–Trinajstić information content (AvgIpc) is 2.32. The molecule has 92 valence electrons. The fraction of sp³-hybridized carbons (Fsp3) is 0.0714. The molecule has 0 radical (unpaired) electrons. The lowest BCUT2D eigenvalue weighted by Gasteiger charge is -2.06. The van der Waals surface area contributed by atoms with Crippen molar-refractivity contribution >= 4 is 21.9 Å². The predicted molar refractivity (Wildman–Crippen MR) is 70.2 cm³/mol. The molecule has 0 aliphatic carbocycles. The average molecular weight is 309 g/mol. The lowest BCUT2D eigenvalue weighted by Crippen LogP contribution is -2.09. The fourth-order valence-electron chi connectivity index (χ4n) is 1.49. The molecule has 0 fully saturated rings. The first-order valence-corrected chi connectivity index (χ1v) is 6.09. The third-order valence-corrected chi connectivity index (χ3v) is 2.97. The monoisotopic (exact) mass is 308 g/mol. The van der Waals surface area contributed by atoms with E-state index in [-0.39, 0.29) is 0 Å². The van der Waals surface area contributed by atoms with Gasteiger partial charge in [-0.05, 0) is 53.2 Å². The normalized spacial score (nSPS) is 10.2. The van der Waals surface area contributed by atoms with Gasteiger partial charge in [0.15, 0.2) is 0 Å². The van der Waals surface area contributed by atoms with E-state index >= 15 is 0 Å². The number of hydrogen-bond acceptors (Lipinski definition) is 2. The first kappa shape index (κ1) is 12.8. The molecule has 2 aromatic carbocycles. The molecule has 2 aromatic rings. The van der Waals surface area contributed by atoms with Gasteiger partial charge in [-0.1, -0.05) is 17.7 Å². The molecule has 0 unspecified atom stereocenters. The summed E-state index contributed by atoms with van der Waals surface area (Å²) in [5.41, 5.74) is 1.44. The second-order valence-corrected chi connectivity index (χ2v) is 4.69. The van der Waals surface area contributed by atoms with Crippen molar-refractivity contribution in [2.75, 3.05) is 0 Å². The Bertz CT molecular complexity index is 596. The zero-order valence-electron chi connectivity index (χ0n) is 9.61. The second-order valence-electron chi connectivity index (χ2n) is 3.83. The van der Waals surface area contributed by atoms with E-state index in [1.165, 1.54) is 18.2 Å². The highest BCUT2D eigenvalue weighted by molar-refractivity contribution is 9.10. The van der Waals surface area contributed by atoms with Crippen molar-refractivity contribution < 1.29 is 13.9 Å². The summed E-state index contributed by atoms with van der Waals surface area (Å²) in [7, 11) is 0. The van der Waals surface area contributed by atoms with E-state index in [1.807, 2.05) is 13.0 Å². The third kappa shape index (κ3) is 2.96. The lowest BCUT2D eigenvalue weighted by molar-refractivity contribution is 0.0733. The van der Waals surface area contributed by atoms with E-state index in [0.717, 1.165) is 5.56 Å². The maximum Gasteiger partial charge on any atom is 0.343 e. The van der Waals surface area contributed by atoms with Gasteiger partial charge in [0.1, 0.15) is 11.6 Å². The van der Waals surface area contributed by atoms with Gasteiger partial charge in [-0.25, -0.2) is 9.18 Å². The van der Waals surface area contributed by atoms with E-state index in [4.69, 9.17) is 4.74 Å². The molecule has 0 bridgehead atoms. The molecule has 0 heterocycles. The van der Waals surface area contributed by atoms with Gasteiger partial charge < -0.3 is 4.74 Å². The summed E-state index contributed by atoms with van der Waals surface area (Å²) in [4.78, 5) is 11.9. The van der Waals surface area contributed by atoms with Crippen LogP contribution < -0.4 is 4.74 Å². The molecule has 18 heavy (non-hydrogen) atoms. The van der Waals surface area contributed by atoms with Crippen LogP contribution in [0.4, 0.5) is 4.39 Å². The summed E-state index contributed by atoms with van der Waals surface area (Å²) in [6, 6.07) is 11.0. The number of carbonyl (C=O) groups excluding carboxylic acids is 1. The van der Waals surface area contributed by atoms with Gasteiger partial charge in [0, 0.05) is 0 Å². The smallest absolute Gasteiger partial charge is 0.343 e. The molecule has 0 saturated heterocycles. The Balaban J connectivity index is 2.21. The van der Waals surface area contributed by atoms with Crippen molar-refractivity contribution in [3.8, 4) is 5.75 Å². The number of benzene rings is 2. The molecule has 0 aliphatic heterocycles. The number of aryl methyl sites for hydroxylation is 1. The van der Waals surface area contributed by atoms with Gasteiger partial charge >= 0.3 is 5.97 Å². The molecule has 0 aromatic heterocycles. The minimum absolute atomic E-state index is 0.294. The molecule has 2 rings (SSSR count). The van der Waals surface area contributed by atoms with Crippen LogP contribution in [0.1, 0.15) is 15.9 Å². The molecule has 0 amide bonds. The zero-order chi connectivity index (χ0) is 13.1. The maximum absolute atomic E-state index is 12.9. The van der Waals surface area contributed by atoms with Crippen LogP contribution in [-0.2, 0) is 0 Å². The lowest BCUT2D eigenvalue weighted by atomic mass is 10.1. The summed E-state index contributed by atoms with van der Waals surface area (Å²) >= 11 is 3.15. The Kier molecular flexibility index (Phi) is 3.77. The van der Waals surface area contributed by atoms with Crippen molar-refractivity contribution in [3.63, 3.8) is 0 Å². The van der Waals surface area contributed by atoms with Crippen LogP contribution in [0.15, 0.2) is 46.9 Å². The van der Waals surface area contributed by atoms with Gasteiger partial charge in [-0.2, -0.15) is 0 Å². The largest absolute Gasteiger partial charge is 0.422 e. The van der Waals surface area contributed by atoms with Gasteiger partial charge in [-0.3, -0.25) is 0 Å². The summed E-state index contributed by atoms with van der Waals surface area (Å²) in [6.45, 7) is 1.89. The van der Waals surface area contributed by atoms with Crippen molar-refractivity contribution in [2.24, 2.45) is 0 Å². The summed E-state index contributed by atoms with van der Waals surface area (Å²) in [5, 5.41) is 0. The first-order valence-electron chi connectivity index (χ1n) is 5.30. The van der Waals surface area contributed by atoms with Crippen LogP contribution in [0.5, 0.6) is 5.75 Å². The number of ether oxygens (including phenoxy) is 1. The van der Waals surface area contributed by atoms with Gasteiger partial charge in [-0.15, -0.1) is 0 Å². The standard InChI is InChI=1S/C14H10BrFO2/c1-9-3-2-4-10(7-9)14(17)18-13-6-5-11(16)8-12(13)15/h2-8H,1H3. The van der Waals surface area contributed by atoms with E-state index < -0.39 is 11.8 Å². The van der Waals surface area contributed by atoms with Gasteiger partial charge in [0.05, 0.1) is 10.0 Å². The third-order valence-electron chi connectivity index (χ3n) is 2.35. The fourth-order valence-corrected chi connectivity index (χ4v) is 1.92. The highest BCUT2D eigenvalue weighted by atomic mass is 79.9. The van der Waals surface area contributed by atoms with Crippen molar-refractivity contribution in [1.82, 2.24) is 0 Å². The predicted octanol–water partition coefficient (Wildman–Crippen LogP) is 4.12. The number of carbonyl (C=O) groups is 1. The molecular formula is C14H10BrFO2. The van der Waals surface area contributed by atoms with Crippen LogP contribution in [0.25, 0.3) is 0 Å². The molecule has 0 aliphatic rings. The van der Waals surface area contributed by atoms with E-state index in [2.05, 4.69) is 15.9 Å². The van der Waals surface area contributed by atoms with Gasteiger partial charge in [0.25, 0.3) is 0 Å². The minimum Gasteiger partial charge on any atom is -0.422 e. The Labute approximate surface area is 113 Å². The molecular weight excluding hydrogens is 299 g/mol. The quantitative estimate of drug-likeness (QED) is 0.616. The summed E-state index contributed by atoms with van der Waals surface area (Å²) < 4.78 is 18.5. The molecule has 0 spiro atoms. The van der Waals surface area contributed by atoms with Crippen LogP contribution in [0, 0.1) is 12.7 Å². The number of halogens is 2. The topological polar surface area (TPSA) is 26.3 Å². The van der Waals surface area contributed by atoms with Crippen LogP contribution in [0.2, 0.25) is 0 Å². The molecule has 2 nitrogen and oxygen atoms in total. The number of hydrogen-bond donors (Lipinski definition) is 0. The number of rotatable bonds is 2. The molecule has 0 atom stereocenters. The minimum atomic E-state index is -0.467. The maximum atomic E-state index is 12.9. The zero-order valence-corrected chi connectivity index (χ0v) is 11.2. The van der Waals surface area contributed by atoms with E-state index in [0.29, 0.717) is 15.8 Å². The Hall–Kier alpha value is -1.68. The molecule has 0 saturated carbocycles. The highest BCUT2D eigenvalue weighted by Gasteiger charge is 2.11. The van der Waals surface area contributed by atoms with Crippen LogP contribution >= 0.6 is 15.9 Å². The van der Waals surface area contributed by atoms with Crippen molar-refractivity contribution in [1.29, 1.82) is 0 Å². The Morgan fingerprint density at radius 1 is 1.22 bits per heavy atom. The Morgan fingerprint density at radius 3 is 2.67 bits per heavy atom. The summed E-state index contributed by atoms with van der Waals surface area (Å²) in [5.74, 6) is -0.564. The highest BCUT2D eigenvalue weighted by Crippen LogP contribution is 2.26. The van der Waals surface area contributed by atoms with Crippen LogP contribution in [0.3, 0.4) is 0 Å². The number of esters is 1.